The molecule has 1 saturated heterocycles. The molecule has 2 amide bonds. The van der Waals surface area contributed by atoms with Crippen LogP contribution in [0.5, 0.6) is 0 Å². The highest BCUT2D eigenvalue weighted by molar-refractivity contribution is 6.00. The topological polar surface area (TPSA) is 90.5 Å². The molecule has 30 heavy (non-hydrogen) atoms. The molecule has 0 radical (unpaired) electrons. The number of anilines is 3. The molecule has 1 aromatic carbocycles. The summed E-state index contributed by atoms with van der Waals surface area (Å²) in [5, 5.41) is 6.05. The SMILES string of the molecule is Cc1cc(N(C)C)nc(NCCNC(=O)C2CC(=O)N(c3ccc(C)c(C)c3)C2)n1. The summed E-state index contributed by atoms with van der Waals surface area (Å²) in [7, 11) is 3.85. The van der Waals surface area contributed by atoms with Gasteiger partial charge in [0.2, 0.25) is 17.8 Å². The molecule has 1 unspecified atom stereocenters. The van der Waals surface area contributed by atoms with E-state index in [4.69, 9.17) is 0 Å². The number of benzene rings is 1. The van der Waals surface area contributed by atoms with Gasteiger partial charge in [0.05, 0.1) is 5.92 Å². The van der Waals surface area contributed by atoms with Gasteiger partial charge in [-0.25, -0.2) is 4.98 Å². The molecule has 8 heteroatoms. The Hall–Kier alpha value is -3.16. The highest BCUT2D eigenvalue weighted by Crippen LogP contribution is 2.26. The first-order chi connectivity index (χ1) is 14.2. The third-order valence-corrected chi connectivity index (χ3v) is 5.30. The number of hydrogen-bond acceptors (Lipinski definition) is 6. The molecule has 1 aliphatic heterocycles. The molecule has 0 spiro atoms. The molecular weight excluding hydrogens is 380 g/mol. The molecule has 2 N–H and O–H groups in total. The van der Waals surface area contributed by atoms with Crippen molar-refractivity contribution in [2.24, 2.45) is 5.92 Å². The number of rotatable bonds is 7. The molecular formula is C22H30N6O2. The molecule has 0 saturated carbocycles. The average Bonchev–Trinajstić information content (AvgIpc) is 3.08. The summed E-state index contributed by atoms with van der Waals surface area (Å²) in [6.45, 7) is 7.33. The summed E-state index contributed by atoms with van der Waals surface area (Å²) in [5.74, 6) is 0.904. The third kappa shape index (κ3) is 5.06. The molecule has 0 bridgehead atoms. The Labute approximate surface area is 177 Å². The number of aryl methyl sites for hydroxylation is 3. The van der Waals surface area contributed by atoms with E-state index in [9.17, 15) is 9.59 Å². The third-order valence-electron chi connectivity index (χ3n) is 5.30. The molecule has 1 atom stereocenters. The Balaban J connectivity index is 1.50. The van der Waals surface area contributed by atoms with Gasteiger partial charge in [-0.3, -0.25) is 9.59 Å². The van der Waals surface area contributed by atoms with Gasteiger partial charge in [-0.1, -0.05) is 6.07 Å². The summed E-state index contributed by atoms with van der Waals surface area (Å²) in [5.41, 5.74) is 4.04. The molecule has 1 fully saturated rings. The Bertz CT molecular complexity index is 943. The van der Waals surface area contributed by atoms with Crippen LogP contribution in [0.3, 0.4) is 0 Å². The lowest BCUT2D eigenvalue weighted by atomic mass is 10.1. The van der Waals surface area contributed by atoms with Crippen LogP contribution in [0.25, 0.3) is 0 Å². The van der Waals surface area contributed by atoms with E-state index >= 15 is 0 Å². The van der Waals surface area contributed by atoms with Crippen LogP contribution in [0.4, 0.5) is 17.5 Å². The molecule has 160 valence electrons. The summed E-state index contributed by atoms with van der Waals surface area (Å²) < 4.78 is 0. The van der Waals surface area contributed by atoms with E-state index in [1.807, 2.05) is 64.0 Å². The molecule has 1 aromatic heterocycles. The highest BCUT2D eigenvalue weighted by atomic mass is 16.2. The second kappa shape index (κ2) is 9.11. The molecule has 8 nitrogen and oxygen atoms in total. The minimum atomic E-state index is -0.338. The summed E-state index contributed by atoms with van der Waals surface area (Å²) in [6, 6.07) is 7.85. The first-order valence-electron chi connectivity index (χ1n) is 10.2. The van der Waals surface area contributed by atoms with Gasteiger partial charge < -0.3 is 20.4 Å². The van der Waals surface area contributed by atoms with Crippen LogP contribution in [0.2, 0.25) is 0 Å². The predicted molar refractivity (Wildman–Crippen MR) is 119 cm³/mol. The van der Waals surface area contributed by atoms with Crippen molar-refractivity contribution >= 4 is 29.3 Å². The largest absolute Gasteiger partial charge is 0.363 e. The van der Waals surface area contributed by atoms with E-state index in [0.29, 0.717) is 25.6 Å². The molecule has 1 aliphatic rings. The van der Waals surface area contributed by atoms with Crippen molar-refractivity contribution in [1.29, 1.82) is 0 Å². The van der Waals surface area contributed by atoms with Crippen molar-refractivity contribution in [1.82, 2.24) is 15.3 Å². The predicted octanol–water partition coefficient (Wildman–Crippen LogP) is 2.05. The van der Waals surface area contributed by atoms with E-state index in [1.165, 1.54) is 5.56 Å². The number of carbonyl (C=O) groups excluding carboxylic acids is 2. The van der Waals surface area contributed by atoms with Crippen molar-refractivity contribution in [2.45, 2.75) is 27.2 Å². The number of hydrogen-bond donors (Lipinski definition) is 2. The van der Waals surface area contributed by atoms with Crippen molar-refractivity contribution in [3.05, 3.63) is 41.1 Å². The van der Waals surface area contributed by atoms with Gasteiger partial charge in [0.1, 0.15) is 5.82 Å². The maximum absolute atomic E-state index is 12.5. The Morgan fingerprint density at radius 3 is 2.60 bits per heavy atom. The Morgan fingerprint density at radius 2 is 1.90 bits per heavy atom. The zero-order valence-electron chi connectivity index (χ0n) is 18.3. The van der Waals surface area contributed by atoms with E-state index in [0.717, 1.165) is 22.8 Å². The van der Waals surface area contributed by atoms with Gasteiger partial charge in [0.15, 0.2) is 0 Å². The Kier molecular flexibility index (Phi) is 6.54. The van der Waals surface area contributed by atoms with Gasteiger partial charge in [-0.15, -0.1) is 0 Å². The van der Waals surface area contributed by atoms with Crippen LogP contribution < -0.4 is 20.4 Å². The minimum absolute atomic E-state index is 0.0131. The zero-order valence-corrected chi connectivity index (χ0v) is 18.3. The van der Waals surface area contributed by atoms with Gasteiger partial charge in [0, 0.05) is 57.6 Å². The maximum atomic E-state index is 12.5. The highest BCUT2D eigenvalue weighted by Gasteiger charge is 2.35. The summed E-state index contributed by atoms with van der Waals surface area (Å²) >= 11 is 0. The lowest BCUT2D eigenvalue weighted by molar-refractivity contribution is -0.126. The van der Waals surface area contributed by atoms with E-state index in [1.54, 1.807) is 4.90 Å². The van der Waals surface area contributed by atoms with Crippen LogP contribution in [0.1, 0.15) is 23.2 Å². The van der Waals surface area contributed by atoms with E-state index < -0.39 is 0 Å². The first-order valence-corrected chi connectivity index (χ1v) is 10.2. The van der Waals surface area contributed by atoms with Crippen LogP contribution in [0, 0.1) is 26.7 Å². The standard InChI is InChI=1S/C22H30N6O2/c1-14-6-7-18(10-15(14)2)28-13-17(12-20(28)29)21(30)23-8-9-24-22-25-16(3)11-19(26-22)27(4)5/h6-7,10-11,17H,8-9,12-13H2,1-5H3,(H,23,30)(H,24,25,26). The summed E-state index contributed by atoms with van der Waals surface area (Å²) in [6.07, 6.45) is 0.235. The molecule has 2 aromatic rings. The van der Waals surface area contributed by atoms with E-state index in [-0.39, 0.29) is 24.2 Å². The van der Waals surface area contributed by atoms with Gasteiger partial charge >= 0.3 is 0 Å². The van der Waals surface area contributed by atoms with Crippen LogP contribution >= 0.6 is 0 Å². The van der Waals surface area contributed by atoms with Gasteiger partial charge in [-0.05, 0) is 44.0 Å². The fourth-order valence-corrected chi connectivity index (χ4v) is 3.39. The fraction of sp³-hybridized carbons (Fsp3) is 0.455. The number of aromatic nitrogens is 2. The number of carbonyl (C=O) groups is 2. The van der Waals surface area contributed by atoms with E-state index in [2.05, 4.69) is 20.6 Å². The monoisotopic (exact) mass is 410 g/mol. The zero-order chi connectivity index (χ0) is 21.8. The second-order valence-electron chi connectivity index (χ2n) is 7.98. The van der Waals surface area contributed by atoms with Crippen molar-refractivity contribution in [3.63, 3.8) is 0 Å². The maximum Gasteiger partial charge on any atom is 0.227 e. The number of amides is 2. The van der Waals surface area contributed by atoms with Crippen molar-refractivity contribution in [2.75, 3.05) is 48.8 Å². The second-order valence-corrected chi connectivity index (χ2v) is 7.98. The fourth-order valence-electron chi connectivity index (χ4n) is 3.39. The van der Waals surface area contributed by atoms with Gasteiger partial charge in [-0.2, -0.15) is 4.98 Å². The van der Waals surface area contributed by atoms with Crippen molar-refractivity contribution < 1.29 is 9.59 Å². The van der Waals surface area contributed by atoms with Crippen LogP contribution in [0.15, 0.2) is 24.3 Å². The smallest absolute Gasteiger partial charge is 0.227 e. The molecule has 3 rings (SSSR count). The minimum Gasteiger partial charge on any atom is -0.363 e. The number of nitrogens with one attached hydrogen (secondary N) is 2. The van der Waals surface area contributed by atoms with Crippen LogP contribution in [-0.2, 0) is 9.59 Å². The Morgan fingerprint density at radius 1 is 1.13 bits per heavy atom. The quantitative estimate of drug-likeness (QED) is 0.679. The summed E-state index contributed by atoms with van der Waals surface area (Å²) in [4.78, 5) is 37.4. The normalized spacial score (nSPS) is 16.0. The molecule has 0 aliphatic carbocycles. The first kappa shape index (κ1) is 21.5. The average molecular weight is 411 g/mol. The van der Waals surface area contributed by atoms with Crippen LogP contribution in [-0.4, -0.2) is 55.5 Å². The lowest BCUT2D eigenvalue weighted by Gasteiger charge is -2.18. The number of nitrogens with zero attached hydrogens (tertiary/aromatic N) is 4. The lowest BCUT2D eigenvalue weighted by Crippen LogP contribution is -2.35. The van der Waals surface area contributed by atoms with Crippen molar-refractivity contribution in [3.8, 4) is 0 Å². The molecule has 2 heterocycles. The van der Waals surface area contributed by atoms with Gasteiger partial charge in [0.25, 0.3) is 0 Å².